The van der Waals surface area contributed by atoms with Crippen molar-refractivity contribution >= 4 is 0 Å². The highest BCUT2D eigenvalue weighted by Gasteiger charge is 2.04. The van der Waals surface area contributed by atoms with Gasteiger partial charge >= 0.3 is 0 Å². The van der Waals surface area contributed by atoms with Gasteiger partial charge < -0.3 is 9.30 Å². The summed E-state index contributed by atoms with van der Waals surface area (Å²) in [5.41, 5.74) is 2.97. The van der Waals surface area contributed by atoms with Crippen LogP contribution in [0.1, 0.15) is 16.7 Å². The van der Waals surface area contributed by atoms with Crippen LogP contribution in [-0.2, 0) is 26.1 Å². The molecule has 0 saturated carbocycles. The highest BCUT2D eigenvalue weighted by atomic mass is 19.1. The smallest absolute Gasteiger partial charge is 0.254 e. The summed E-state index contributed by atoms with van der Waals surface area (Å²) in [6.07, 6.45) is 2.46. The number of aromatic nitrogens is 1. The quantitative estimate of drug-likeness (QED) is 0.500. The lowest BCUT2D eigenvalue weighted by Crippen LogP contribution is -2.20. The Morgan fingerprint density at radius 3 is 2.30 bits per heavy atom. The molecule has 1 aromatic heterocycles. The molecule has 6 heteroatoms. The molecule has 3 aromatic rings. The molecule has 0 radical (unpaired) electrons. The zero-order valence-corrected chi connectivity index (χ0v) is 17.1. The molecule has 30 heavy (non-hydrogen) atoms. The molecular formula is C24H26F2N2O2. The van der Waals surface area contributed by atoms with Gasteiger partial charge in [0.05, 0.1) is 0 Å². The summed E-state index contributed by atoms with van der Waals surface area (Å²) in [4.78, 5) is 14.3. The number of ether oxygens (including phenoxy) is 1. The summed E-state index contributed by atoms with van der Waals surface area (Å²) in [5.74, 6) is 0.197. The average Bonchev–Trinajstić information content (AvgIpc) is 2.74. The third-order valence-corrected chi connectivity index (χ3v) is 4.87. The van der Waals surface area contributed by atoms with E-state index in [4.69, 9.17) is 4.74 Å². The average molecular weight is 412 g/mol. The lowest BCUT2D eigenvalue weighted by molar-refractivity contribution is 0.289. The Labute approximate surface area is 175 Å². The van der Waals surface area contributed by atoms with Crippen LogP contribution in [-0.4, -0.2) is 29.7 Å². The maximum atomic E-state index is 12.9. The van der Waals surface area contributed by atoms with E-state index in [0.29, 0.717) is 25.4 Å². The number of benzene rings is 2. The largest absolute Gasteiger partial charge is 0.489 e. The Balaban J connectivity index is 1.52. The molecule has 0 bridgehead atoms. The van der Waals surface area contributed by atoms with Crippen LogP contribution >= 0.6 is 0 Å². The van der Waals surface area contributed by atoms with Gasteiger partial charge in [-0.25, -0.2) is 8.78 Å². The van der Waals surface area contributed by atoms with Crippen LogP contribution in [0.15, 0.2) is 71.7 Å². The Morgan fingerprint density at radius 1 is 0.967 bits per heavy atom. The molecule has 0 saturated heterocycles. The number of hydrogen-bond donors (Lipinski definition) is 0. The standard InChI is InChI=1S/C24H26F2N2O2/c1-27(15-12-25)17-20-4-2-19(3-5-20)10-13-28-14-11-23(16-24(28)29)30-18-21-6-8-22(26)9-7-21/h2-9,11,14,16H,10,12-13,15,17-18H2,1H3. The third kappa shape index (κ3) is 6.52. The van der Waals surface area contributed by atoms with Crippen molar-refractivity contribution in [2.45, 2.75) is 26.1 Å². The van der Waals surface area contributed by atoms with Crippen molar-refractivity contribution in [2.24, 2.45) is 0 Å². The van der Waals surface area contributed by atoms with Gasteiger partial charge in [0.15, 0.2) is 0 Å². The fourth-order valence-electron chi connectivity index (χ4n) is 3.11. The van der Waals surface area contributed by atoms with Gasteiger partial charge in [-0.15, -0.1) is 0 Å². The van der Waals surface area contributed by atoms with E-state index < -0.39 is 0 Å². The van der Waals surface area contributed by atoms with Gasteiger partial charge in [0.2, 0.25) is 0 Å². The molecule has 0 aliphatic carbocycles. The fraction of sp³-hybridized carbons (Fsp3) is 0.292. The Bertz CT molecular complexity index is 985. The first-order chi connectivity index (χ1) is 14.5. The van der Waals surface area contributed by atoms with Crippen molar-refractivity contribution in [1.29, 1.82) is 0 Å². The van der Waals surface area contributed by atoms with Gasteiger partial charge in [-0.2, -0.15) is 0 Å². The monoisotopic (exact) mass is 412 g/mol. The minimum Gasteiger partial charge on any atom is -0.489 e. The third-order valence-electron chi connectivity index (χ3n) is 4.87. The van der Waals surface area contributed by atoms with Crippen molar-refractivity contribution in [3.05, 3.63) is 99.7 Å². The van der Waals surface area contributed by atoms with Crippen molar-refractivity contribution in [3.8, 4) is 5.75 Å². The van der Waals surface area contributed by atoms with Crippen LogP contribution in [0.5, 0.6) is 5.75 Å². The summed E-state index contributed by atoms with van der Waals surface area (Å²) in [5, 5.41) is 0. The van der Waals surface area contributed by atoms with Crippen LogP contribution in [0.25, 0.3) is 0 Å². The Kier molecular flexibility index (Phi) is 7.74. The fourth-order valence-corrected chi connectivity index (χ4v) is 3.11. The van der Waals surface area contributed by atoms with E-state index in [0.717, 1.165) is 23.1 Å². The normalized spacial score (nSPS) is 11.1. The zero-order chi connectivity index (χ0) is 21.3. The zero-order valence-electron chi connectivity index (χ0n) is 17.1. The lowest BCUT2D eigenvalue weighted by Gasteiger charge is -2.14. The number of halogens is 2. The molecule has 0 fully saturated rings. The number of alkyl halides is 1. The molecule has 0 N–H and O–H groups in total. The van der Waals surface area contributed by atoms with Crippen molar-refractivity contribution in [2.75, 3.05) is 20.3 Å². The molecule has 0 aliphatic rings. The minimum atomic E-state index is -0.348. The molecule has 4 nitrogen and oxygen atoms in total. The number of pyridine rings is 1. The van der Waals surface area contributed by atoms with Gasteiger partial charge in [0.25, 0.3) is 5.56 Å². The Morgan fingerprint density at radius 2 is 1.63 bits per heavy atom. The van der Waals surface area contributed by atoms with E-state index >= 15 is 0 Å². The second-order valence-corrected chi connectivity index (χ2v) is 7.30. The van der Waals surface area contributed by atoms with Gasteiger partial charge in [-0.1, -0.05) is 36.4 Å². The van der Waals surface area contributed by atoms with Crippen LogP contribution in [0.2, 0.25) is 0 Å². The van der Waals surface area contributed by atoms with Crippen molar-refractivity contribution in [1.82, 2.24) is 9.47 Å². The SMILES string of the molecule is CN(CCF)Cc1ccc(CCn2ccc(OCc3ccc(F)cc3)cc2=O)cc1. The topological polar surface area (TPSA) is 34.5 Å². The molecule has 3 rings (SSSR count). The van der Waals surface area contributed by atoms with Crippen LogP contribution < -0.4 is 10.3 Å². The van der Waals surface area contributed by atoms with Gasteiger partial charge in [-0.3, -0.25) is 9.69 Å². The highest BCUT2D eigenvalue weighted by Crippen LogP contribution is 2.12. The molecular weight excluding hydrogens is 386 g/mol. The van der Waals surface area contributed by atoms with Gasteiger partial charge in [-0.05, 0) is 48.4 Å². The van der Waals surface area contributed by atoms with Crippen molar-refractivity contribution < 1.29 is 13.5 Å². The van der Waals surface area contributed by atoms with Crippen LogP contribution in [0.4, 0.5) is 8.78 Å². The summed E-state index contributed by atoms with van der Waals surface area (Å²) >= 11 is 0. The number of hydrogen-bond acceptors (Lipinski definition) is 3. The molecule has 0 aliphatic heterocycles. The molecule has 0 atom stereocenters. The summed E-state index contributed by atoms with van der Waals surface area (Å²) < 4.78 is 32.6. The number of nitrogens with zero attached hydrogens (tertiary/aromatic N) is 2. The number of rotatable bonds is 10. The molecule has 1 heterocycles. The van der Waals surface area contributed by atoms with Crippen LogP contribution in [0.3, 0.4) is 0 Å². The molecule has 2 aromatic carbocycles. The van der Waals surface area contributed by atoms with E-state index in [1.165, 1.54) is 18.2 Å². The second kappa shape index (κ2) is 10.7. The molecule has 0 unspecified atom stereocenters. The van der Waals surface area contributed by atoms with E-state index in [2.05, 4.69) is 0 Å². The maximum Gasteiger partial charge on any atom is 0.254 e. The van der Waals surface area contributed by atoms with E-state index in [1.807, 2.05) is 36.2 Å². The summed E-state index contributed by atoms with van der Waals surface area (Å²) in [6.45, 7) is 1.63. The Hall–Kier alpha value is -2.99. The predicted octanol–water partition coefficient (Wildman–Crippen LogP) is 4.21. The summed E-state index contributed by atoms with van der Waals surface area (Å²) in [6, 6.07) is 17.5. The predicted molar refractivity (Wildman–Crippen MR) is 114 cm³/mol. The van der Waals surface area contributed by atoms with Gasteiger partial charge in [0.1, 0.15) is 24.8 Å². The first-order valence-corrected chi connectivity index (χ1v) is 9.93. The van der Waals surface area contributed by atoms with Crippen LogP contribution in [0, 0.1) is 5.82 Å². The molecule has 158 valence electrons. The number of aryl methyl sites for hydroxylation is 2. The second-order valence-electron chi connectivity index (χ2n) is 7.30. The van der Waals surface area contributed by atoms with E-state index in [9.17, 15) is 13.6 Å². The van der Waals surface area contributed by atoms with E-state index in [-0.39, 0.29) is 24.7 Å². The first kappa shape index (κ1) is 21.7. The van der Waals surface area contributed by atoms with Gasteiger partial charge in [0, 0.05) is 31.9 Å². The minimum absolute atomic E-state index is 0.129. The maximum absolute atomic E-state index is 12.9. The highest BCUT2D eigenvalue weighted by molar-refractivity contribution is 5.23. The molecule has 0 spiro atoms. The molecule has 0 amide bonds. The summed E-state index contributed by atoms with van der Waals surface area (Å²) in [7, 11) is 1.90. The lowest BCUT2D eigenvalue weighted by atomic mass is 10.1. The van der Waals surface area contributed by atoms with Crippen molar-refractivity contribution in [3.63, 3.8) is 0 Å². The first-order valence-electron chi connectivity index (χ1n) is 9.93. The van der Waals surface area contributed by atoms with E-state index in [1.54, 1.807) is 29.0 Å².